The molecule has 4 heterocycles. The highest BCUT2D eigenvalue weighted by molar-refractivity contribution is 5.92. The van der Waals surface area contributed by atoms with Crippen LogP contribution >= 0.6 is 0 Å². The van der Waals surface area contributed by atoms with E-state index in [4.69, 9.17) is 4.74 Å². The van der Waals surface area contributed by atoms with Gasteiger partial charge in [0.25, 0.3) is 5.91 Å². The Labute approximate surface area is 160 Å². The summed E-state index contributed by atoms with van der Waals surface area (Å²) >= 11 is 0. The summed E-state index contributed by atoms with van der Waals surface area (Å²) in [6, 6.07) is 6.53. The van der Waals surface area contributed by atoms with Gasteiger partial charge in [-0.2, -0.15) is 0 Å². The van der Waals surface area contributed by atoms with Crippen LogP contribution in [0.15, 0.2) is 55.2 Å². The Balaban J connectivity index is 1.42. The second-order valence-electron chi connectivity index (χ2n) is 6.16. The number of carbonyl (C=O) groups is 1. The highest BCUT2D eigenvalue weighted by Crippen LogP contribution is 2.23. The summed E-state index contributed by atoms with van der Waals surface area (Å²) < 4.78 is 18.7. The van der Waals surface area contributed by atoms with Crippen LogP contribution in [0.5, 0.6) is 0 Å². The molecule has 0 aliphatic carbocycles. The monoisotopic (exact) mass is 380 g/mol. The van der Waals surface area contributed by atoms with E-state index in [9.17, 15) is 9.18 Å². The molecule has 0 radical (unpaired) electrons. The summed E-state index contributed by atoms with van der Waals surface area (Å²) in [5, 5.41) is 3.05. The van der Waals surface area contributed by atoms with E-state index in [2.05, 4.69) is 25.3 Å². The number of anilines is 2. The van der Waals surface area contributed by atoms with E-state index >= 15 is 0 Å². The Morgan fingerprint density at radius 1 is 1.11 bits per heavy atom. The molecule has 28 heavy (non-hydrogen) atoms. The van der Waals surface area contributed by atoms with Crippen molar-refractivity contribution in [2.75, 3.05) is 25.0 Å². The van der Waals surface area contributed by atoms with E-state index in [-0.39, 0.29) is 12.0 Å². The third-order valence-corrected chi connectivity index (χ3v) is 4.25. The molecule has 1 fully saturated rings. The van der Waals surface area contributed by atoms with Gasteiger partial charge in [-0.3, -0.25) is 14.8 Å². The Morgan fingerprint density at radius 3 is 2.75 bits per heavy atom. The molecule has 1 amide bonds. The van der Waals surface area contributed by atoms with Crippen molar-refractivity contribution in [3.8, 4) is 0 Å². The zero-order chi connectivity index (χ0) is 19.3. The number of rotatable bonds is 4. The first kappa shape index (κ1) is 17.9. The van der Waals surface area contributed by atoms with Crippen molar-refractivity contribution in [3.63, 3.8) is 0 Å². The fourth-order valence-corrected chi connectivity index (χ4v) is 2.85. The molecular formula is C19H17FN6O2. The lowest BCUT2D eigenvalue weighted by atomic mass is 10.1. The maximum atomic E-state index is 12.9. The molecule has 1 saturated heterocycles. The summed E-state index contributed by atoms with van der Waals surface area (Å²) in [7, 11) is 0. The van der Waals surface area contributed by atoms with Gasteiger partial charge in [-0.25, -0.2) is 14.4 Å². The zero-order valence-electron chi connectivity index (χ0n) is 14.8. The van der Waals surface area contributed by atoms with Gasteiger partial charge < -0.3 is 15.0 Å². The molecule has 0 bridgehead atoms. The minimum atomic E-state index is -0.394. The van der Waals surface area contributed by atoms with Crippen LogP contribution in [0.3, 0.4) is 0 Å². The second kappa shape index (κ2) is 8.05. The van der Waals surface area contributed by atoms with E-state index in [1.165, 1.54) is 24.7 Å². The highest BCUT2D eigenvalue weighted by Gasteiger charge is 2.27. The number of nitrogens with zero attached hydrogens (tertiary/aromatic N) is 5. The molecule has 1 N–H and O–H groups in total. The minimum absolute atomic E-state index is 0.179. The molecule has 0 spiro atoms. The Kier molecular flexibility index (Phi) is 5.16. The lowest BCUT2D eigenvalue weighted by Gasteiger charge is -2.32. The molecule has 1 atom stereocenters. The molecule has 1 aliphatic rings. The molecule has 3 aromatic rings. The van der Waals surface area contributed by atoms with Crippen LogP contribution < -0.4 is 5.32 Å². The predicted octanol–water partition coefficient (Wildman–Crippen LogP) is 2.36. The van der Waals surface area contributed by atoms with E-state index in [0.29, 0.717) is 42.6 Å². The maximum absolute atomic E-state index is 12.9. The molecule has 142 valence electrons. The average molecular weight is 380 g/mol. The van der Waals surface area contributed by atoms with Crippen LogP contribution in [0.1, 0.15) is 22.3 Å². The minimum Gasteiger partial charge on any atom is -0.368 e. The first-order chi connectivity index (χ1) is 13.7. The zero-order valence-corrected chi connectivity index (χ0v) is 14.8. The van der Waals surface area contributed by atoms with E-state index < -0.39 is 5.82 Å². The van der Waals surface area contributed by atoms with Gasteiger partial charge in [-0.1, -0.05) is 0 Å². The van der Waals surface area contributed by atoms with Gasteiger partial charge in [0.2, 0.25) is 0 Å². The standard InChI is InChI=1S/C19H17FN6O2/c20-13-1-4-18(24-9-13)25-14-2-3-15(23-10-14)17-12-26(7-8-28-17)19(27)16-11-21-5-6-22-16/h1-6,9-11,17H,7-8,12H2,(H,24,25)/t17-/m0/s1. The van der Waals surface area contributed by atoms with Crippen molar-refractivity contribution in [3.05, 3.63) is 72.5 Å². The maximum Gasteiger partial charge on any atom is 0.274 e. The van der Waals surface area contributed by atoms with Gasteiger partial charge in [0.1, 0.15) is 23.4 Å². The lowest BCUT2D eigenvalue weighted by Crippen LogP contribution is -2.42. The Bertz CT molecular complexity index is 937. The molecule has 1 aliphatic heterocycles. The van der Waals surface area contributed by atoms with Crippen LogP contribution in [0.4, 0.5) is 15.9 Å². The third-order valence-electron chi connectivity index (χ3n) is 4.25. The topological polar surface area (TPSA) is 93.1 Å². The van der Waals surface area contributed by atoms with Crippen molar-refractivity contribution in [2.24, 2.45) is 0 Å². The fourth-order valence-electron chi connectivity index (χ4n) is 2.85. The first-order valence-electron chi connectivity index (χ1n) is 8.70. The summed E-state index contributed by atoms with van der Waals surface area (Å²) in [4.78, 5) is 30.6. The number of halogens is 1. The fraction of sp³-hybridized carbons (Fsp3) is 0.211. The molecule has 8 nitrogen and oxygen atoms in total. The summed E-state index contributed by atoms with van der Waals surface area (Å²) in [6.07, 6.45) is 6.94. The summed E-state index contributed by atoms with van der Waals surface area (Å²) in [6.45, 7) is 1.29. The van der Waals surface area contributed by atoms with Crippen LogP contribution in [-0.2, 0) is 4.74 Å². The van der Waals surface area contributed by atoms with Gasteiger partial charge in [0.15, 0.2) is 0 Å². The smallest absolute Gasteiger partial charge is 0.274 e. The van der Waals surface area contributed by atoms with Crippen LogP contribution in [-0.4, -0.2) is 50.4 Å². The van der Waals surface area contributed by atoms with E-state index in [1.807, 2.05) is 12.1 Å². The number of morpholine rings is 1. The number of amides is 1. The molecule has 9 heteroatoms. The van der Waals surface area contributed by atoms with Crippen molar-refractivity contribution < 1.29 is 13.9 Å². The Morgan fingerprint density at radius 2 is 2.04 bits per heavy atom. The van der Waals surface area contributed by atoms with Crippen LogP contribution in [0, 0.1) is 5.82 Å². The molecular weight excluding hydrogens is 363 g/mol. The number of nitrogens with one attached hydrogen (secondary N) is 1. The van der Waals surface area contributed by atoms with Crippen molar-refractivity contribution in [2.45, 2.75) is 6.10 Å². The summed E-state index contributed by atoms with van der Waals surface area (Å²) in [5.41, 5.74) is 1.74. The van der Waals surface area contributed by atoms with Gasteiger partial charge in [-0.15, -0.1) is 0 Å². The van der Waals surface area contributed by atoms with Crippen molar-refractivity contribution in [1.29, 1.82) is 0 Å². The molecule has 0 aromatic carbocycles. The number of pyridine rings is 2. The summed E-state index contributed by atoms with van der Waals surface area (Å²) in [5.74, 6) is -0.0539. The van der Waals surface area contributed by atoms with Crippen molar-refractivity contribution in [1.82, 2.24) is 24.8 Å². The van der Waals surface area contributed by atoms with Gasteiger partial charge in [0.05, 0.1) is 43.1 Å². The van der Waals surface area contributed by atoms with E-state index in [1.54, 1.807) is 17.2 Å². The number of hydrogen-bond acceptors (Lipinski definition) is 7. The number of ether oxygens (including phenoxy) is 1. The average Bonchev–Trinajstić information content (AvgIpc) is 2.76. The molecule has 3 aromatic heterocycles. The van der Waals surface area contributed by atoms with Crippen molar-refractivity contribution >= 4 is 17.4 Å². The molecule has 4 rings (SSSR count). The number of aromatic nitrogens is 4. The first-order valence-corrected chi connectivity index (χ1v) is 8.70. The SMILES string of the molecule is O=C(c1cnccn1)N1CCO[C@H](c2ccc(Nc3ccc(F)cn3)cn2)C1. The number of carbonyl (C=O) groups excluding carboxylic acids is 1. The molecule has 0 saturated carbocycles. The second-order valence-corrected chi connectivity index (χ2v) is 6.16. The molecule has 0 unspecified atom stereocenters. The highest BCUT2D eigenvalue weighted by atomic mass is 19.1. The predicted molar refractivity (Wildman–Crippen MR) is 98.3 cm³/mol. The van der Waals surface area contributed by atoms with Gasteiger partial charge in [0, 0.05) is 18.9 Å². The van der Waals surface area contributed by atoms with Gasteiger partial charge in [-0.05, 0) is 24.3 Å². The third kappa shape index (κ3) is 4.09. The Hall–Kier alpha value is -3.46. The van der Waals surface area contributed by atoms with Crippen LogP contribution in [0.25, 0.3) is 0 Å². The normalized spacial score (nSPS) is 16.6. The van der Waals surface area contributed by atoms with E-state index in [0.717, 1.165) is 6.20 Å². The largest absolute Gasteiger partial charge is 0.368 e. The number of hydrogen-bond donors (Lipinski definition) is 1. The van der Waals surface area contributed by atoms with Crippen LogP contribution in [0.2, 0.25) is 0 Å². The quantitative estimate of drug-likeness (QED) is 0.743. The van der Waals surface area contributed by atoms with Gasteiger partial charge >= 0.3 is 0 Å². The lowest BCUT2D eigenvalue weighted by molar-refractivity contribution is -0.0249.